The molecule has 0 aliphatic carbocycles. The first kappa shape index (κ1) is 13.1. The summed E-state index contributed by atoms with van der Waals surface area (Å²) in [5.41, 5.74) is 4.03. The van der Waals surface area contributed by atoms with Gasteiger partial charge in [0.1, 0.15) is 5.03 Å². The quantitative estimate of drug-likeness (QED) is 0.773. The van der Waals surface area contributed by atoms with Crippen LogP contribution in [0.1, 0.15) is 24.2 Å². The number of H-pyrrole nitrogens is 1. The lowest BCUT2D eigenvalue weighted by Crippen LogP contribution is -1.92. The number of aryl methyl sites for hydroxylation is 1. The van der Waals surface area contributed by atoms with Crippen LogP contribution in [-0.2, 0) is 0 Å². The van der Waals surface area contributed by atoms with Gasteiger partial charge in [-0.05, 0) is 61.0 Å². The average Bonchev–Trinajstić information content (AvgIpc) is 2.80. The molecule has 3 aromatic rings. The minimum atomic E-state index is -0.490. The zero-order valence-electron chi connectivity index (χ0n) is 11.3. The third-order valence-electron chi connectivity index (χ3n) is 3.06. The van der Waals surface area contributed by atoms with Crippen LogP contribution in [0.2, 0.25) is 0 Å². The van der Waals surface area contributed by atoms with Gasteiger partial charge in [0, 0.05) is 6.20 Å². The third kappa shape index (κ3) is 2.69. The van der Waals surface area contributed by atoms with Crippen molar-refractivity contribution in [2.75, 3.05) is 0 Å². The van der Waals surface area contributed by atoms with Crippen LogP contribution in [0.3, 0.4) is 0 Å². The number of pyridine rings is 1. The molecule has 0 bridgehead atoms. The molecule has 102 valence electrons. The van der Waals surface area contributed by atoms with E-state index in [9.17, 15) is 5.11 Å². The maximum atomic E-state index is 9.60. The summed E-state index contributed by atoms with van der Waals surface area (Å²) in [5, 5.41) is 11.2. The van der Waals surface area contributed by atoms with Crippen LogP contribution >= 0.6 is 11.8 Å². The van der Waals surface area contributed by atoms with Gasteiger partial charge in [-0.15, -0.1) is 0 Å². The maximum absolute atomic E-state index is 9.60. The number of fused-ring (bicyclic) bond motifs is 1. The van der Waals surface area contributed by atoms with E-state index >= 15 is 0 Å². The van der Waals surface area contributed by atoms with Crippen molar-refractivity contribution in [1.29, 1.82) is 0 Å². The van der Waals surface area contributed by atoms with E-state index in [0.29, 0.717) is 0 Å². The molecule has 0 saturated heterocycles. The highest BCUT2D eigenvalue weighted by molar-refractivity contribution is 7.99. The molecule has 2 heterocycles. The Bertz CT molecular complexity index is 752. The highest BCUT2D eigenvalue weighted by atomic mass is 32.2. The Morgan fingerprint density at radius 3 is 2.90 bits per heavy atom. The number of benzene rings is 1. The van der Waals surface area contributed by atoms with Crippen molar-refractivity contribution in [2.45, 2.75) is 30.1 Å². The standard InChI is InChI=1S/C15H15N3OS/c1-9-3-4-12-13(7-9)18-15(17-12)20-14-8-11(10(2)19)5-6-16-14/h3-8,10,19H,1-2H3,(H,17,18)/t10-/m1/s1. The van der Waals surface area contributed by atoms with E-state index < -0.39 is 6.10 Å². The normalized spacial score (nSPS) is 12.8. The second-order valence-corrected chi connectivity index (χ2v) is 5.78. The molecule has 0 radical (unpaired) electrons. The van der Waals surface area contributed by atoms with Gasteiger partial charge in [-0.1, -0.05) is 6.07 Å². The first-order valence-electron chi connectivity index (χ1n) is 6.40. The predicted molar refractivity (Wildman–Crippen MR) is 79.8 cm³/mol. The molecule has 0 aliphatic heterocycles. The summed E-state index contributed by atoms with van der Waals surface area (Å²) in [4.78, 5) is 12.1. The van der Waals surface area contributed by atoms with Crippen molar-refractivity contribution >= 4 is 22.8 Å². The van der Waals surface area contributed by atoms with Crippen LogP contribution in [0.4, 0.5) is 0 Å². The molecule has 0 aliphatic rings. The summed E-state index contributed by atoms with van der Waals surface area (Å²) in [6.07, 6.45) is 1.22. The molecule has 0 saturated carbocycles. The summed E-state index contributed by atoms with van der Waals surface area (Å²) in [5.74, 6) is 0. The van der Waals surface area contributed by atoms with Gasteiger partial charge in [0.2, 0.25) is 0 Å². The van der Waals surface area contributed by atoms with E-state index in [2.05, 4.69) is 27.9 Å². The molecule has 3 rings (SSSR count). The molecule has 0 fully saturated rings. The van der Waals surface area contributed by atoms with Crippen molar-refractivity contribution in [3.05, 3.63) is 47.7 Å². The highest BCUT2D eigenvalue weighted by Crippen LogP contribution is 2.27. The maximum Gasteiger partial charge on any atom is 0.172 e. The van der Waals surface area contributed by atoms with Crippen molar-refractivity contribution in [2.24, 2.45) is 0 Å². The van der Waals surface area contributed by atoms with Crippen molar-refractivity contribution in [1.82, 2.24) is 15.0 Å². The molecular weight excluding hydrogens is 270 g/mol. The van der Waals surface area contributed by atoms with Crippen LogP contribution < -0.4 is 0 Å². The second kappa shape index (κ2) is 5.26. The van der Waals surface area contributed by atoms with Gasteiger partial charge in [-0.3, -0.25) is 0 Å². The van der Waals surface area contributed by atoms with E-state index in [0.717, 1.165) is 26.8 Å². The van der Waals surface area contributed by atoms with Crippen LogP contribution in [0.15, 0.2) is 46.7 Å². The fourth-order valence-electron chi connectivity index (χ4n) is 1.99. The Labute approximate surface area is 121 Å². The predicted octanol–water partition coefficient (Wildman–Crippen LogP) is 3.47. The van der Waals surface area contributed by atoms with Crippen LogP contribution in [0.5, 0.6) is 0 Å². The molecule has 1 atom stereocenters. The summed E-state index contributed by atoms with van der Waals surface area (Å²) >= 11 is 1.46. The monoisotopic (exact) mass is 285 g/mol. The van der Waals surface area contributed by atoms with Gasteiger partial charge >= 0.3 is 0 Å². The average molecular weight is 285 g/mol. The van der Waals surface area contributed by atoms with Gasteiger partial charge in [0.05, 0.1) is 17.1 Å². The minimum absolute atomic E-state index is 0.490. The van der Waals surface area contributed by atoms with E-state index in [1.54, 1.807) is 13.1 Å². The molecule has 0 amide bonds. The number of imidazole rings is 1. The first-order chi connectivity index (χ1) is 9.61. The highest BCUT2D eigenvalue weighted by Gasteiger charge is 2.08. The van der Waals surface area contributed by atoms with Crippen molar-refractivity contribution in [3.8, 4) is 0 Å². The van der Waals surface area contributed by atoms with E-state index in [-0.39, 0.29) is 0 Å². The van der Waals surface area contributed by atoms with Crippen LogP contribution in [0.25, 0.3) is 11.0 Å². The number of aliphatic hydroxyl groups is 1. The number of aromatic amines is 1. The lowest BCUT2D eigenvalue weighted by molar-refractivity contribution is 0.199. The fraction of sp³-hybridized carbons (Fsp3) is 0.200. The van der Waals surface area contributed by atoms with E-state index in [4.69, 9.17) is 0 Å². The molecule has 0 spiro atoms. The Kier molecular flexibility index (Phi) is 3.46. The SMILES string of the molecule is Cc1ccc2nc(Sc3cc([C@@H](C)O)ccn3)[nH]c2c1. The van der Waals surface area contributed by atoms with E-state index in [1.807, 2.05) is 24.3 Å². The Hall–Kier alpha value is -1.85. The largest absolute Gasteiger partial charge is 0.389 e. The third-order valence-corrected chi connectivity index (χ3v) is 3.88. The molecule has 0 unspecified atom stereocenters. The summed E-state index contributed by atoms with van der Waals surface area (Å²) in [6.45, 7) is 3.80. The number of nitrogens with zero attached hydrogens (tertiary/aromatic N) is 2. The van der Waals surface area contributed by atoms with Gasteiger partial charge in [0.25, 0.3) is 0 Å². The molecule has 2 N–H and O–H groups in total. The fourth-order valence-corrected chi connectivity index (χ4v) is 2.80. The lowest BCUT2D eigenvalue weighted by Gasteiger charge is -2.05. The minimum Gasteiger partial charge on any atom is -0.389 e. The topological polar surface area (TPSA) is 61.8 Å². The van der Waals surface area contributed by atoms with Crippen molar-refractivity contribution < 1.29 is 5.11 Å². The van der Waals surface area contributed by atoms with E-state index in [1.165, 1.54) is 17.3 Å². The van der Waals surface area contributed by atoms with Gasteiger partial charge < -0.3 is 10.1 Å². The number of rotatable bonds is 3. The summed E-state index contributed by atoms with van der Waals surface area (Å²) < 4.78 is 0. The first-order valence-corrected chi connectivity index (χ1v) is 7.22. The van der Waals surface area contributed by atoms with Gasteiger partial charge in [-0.2, -0.15) is 0 Å². The van der Waals surface area contributed by atoms with Crippen LogP contribution in [0, 0.1) is 6.92 Å². The second-order valence-electron chi connectivity index (χ2n) is 4.77. The zero-order chi connectivity index (χ0) is 14.1. The zero-order valence-corrected chi connectivity index (χ0v) is 12.1. The number of hydrogen-bond donors (Lipinski definition) is 2. The molecule has 4 nitrogen and oxygen atoms in total. The number of hydrogen-bond acceptors (Lipinski definition) is 4. The molecule has 20 heavy (non-hydrogen) atoms. The Balaban J connectivity index is 1.90. The molecular formula is C15H15N3OS. The molecule has 1 aromatic carbocycles. The summed E-state index contributed by atoms with van der Waals surface area (Å²) in [6, 6.07) is 9.82. The van der Waals surface area contributed by atoms with Gasteiger partial charge in [0.15, 0.2) is 5.16 Å². The summed E-state index contributed by atoms with van der Waals surface area (Å²) in [7, 11) is 0. The molecule has 5 heteroatoms. The molecule has 2 aromatic heterocycles. The van der Waals surface area contributed by atoms with Gasteiger partial charge in [-0.25, -0.2) is 9.97 Å². The lowest BCUT2D eigenvalue weighted by atomic mass is 10.2. The smallest absolute Gasteiger partial charge is 0.172 e. The van der Waals surface area contributed by atoms with Crippen LogP contribution in [-0.4, -0.2) is 20.1 Å². The number of aromatic nitrogens is 3. The number of aliphatic hydroxyl groups excluding tert-OH is 1. The Morgan fingerprint density at radius 2 is 2.10 bits per heavy atom. The Morgan fingerprint density at radius 1 is 1.25 bits per heavy atom. The number of nitrogens with one attached hydrogen (secondary N) is 1. The van der Waals surface area contributed by atoms with Crippen molar-refractivity contribution in [3.63, 3.8) is 0 Å².